The molecule has 1 atom stereocenters. The second-order valence-corrected chi connectivity index (χ2v) is 9.65. The molecule has 1 fully saturated rings. The summed E-state index contributed by atoms with van der Waals surface area (Å²) in [6.07, 6.45) is 1.27. The van der Waals surface area contributed by atoms with Gasteiger partial charge in [0.2, 0.25) is 10.0 Å². The van der Waals surface area contributed by atoms with Crippen molar-refractivity contribution in [3.63, 3.8) is 0 Å². The molecular weight excluding hydrogens is 405 g/mol. The molecule has 29 heavy (non-hydrogen) atoms. The van der Waals surface area contributed by atoms with Gasteiger partial charge in [0.15, 0.2) is 0 Å². The number of hydrogen-bond acceptors (Lipinski definition) is 4. The molecule has 5 nitrogen and oxygen atoms in total. The minimum Gasteiger partial charge on any atom is -0.378 e. The third-order valence-electron chi connectivity index (χ3n) is 5.61. The van der Waals surface area contributed by atoms with Crippen LogP contribution in [-0.4, -0.2) is 44.6 Å². The lowest BCUT2D eigenvalue weighted by molar-refractivity contribution is -0.137. The van der Waals surface area contributed by atoms with Crippen LogP contribution >= 0.6 is 0 Å². The van der Waals surface area contributed by atoms with Crippen molar-refractivity contribution in [2.75, 3.05) is 13.7 Å². The Balaban J connectivity index is 1.87. The number of nitrogens with two attached hydrogens (primary N) is 1. The van der Waals surface area contributed by atoms with E-state index in [1.54, 1.807) is 0 Å². The summed E-state index contributed by atoms with van der Waals surface area (Å²) in [4.78, 5) is -0.126. The number of nitrogens with zero attached hydrogens (tertiary/aromatic N) is 1. The Morgan fingerprint density at radius 1 is 1.17 bits per heavy atom. The van der Waals surface area contributed by atoms with Gasteiger partial charge >= 0.3 is 6.18 Å². The molecule has 1 unspecified atom stereocenters. The van der Waals surface area contributed by atoms with E-state index in [1.807, 2.05) is 0 Å². The summed E-state index contributed by atoms with van der Waals surface area (Å²) in [6.45, 7) is 2.71. The second-order valence-electron chi connectivity index (χ2n) is 7.66. The van der Waals surface area contributed by atoms with Crippen molar-refractivity contribution >= 4 is 10.0 Å². The average molecular weight is 437 g/mol. The first-order valence-electron chi connectivity index (χ1n) is 10.1. The highest BCUT2D eigenvalue weighted by Gasteiger charge is 2.34. The highest BCUT2D eigenvalue weighted by atomic mass is 32.2. The van der Waals surface area contributed by atoms with Crippen molar-refractivity contribution in [2.24, 2.45) is 5.73 Å². The molecule has 1 aromatic carbocycles. The standard InChI is InChI=1S/C20H31F3N2O3S/c1-3-16(24)5-4-14-28-18-10-8-17(9-11-18)25(2)29(26,27)19-12-6-15(7-13-19)20(21,22)23/h6-7,12-13,16-18H,3-5,8-11,14,24H2,1-2H3. The van der Waals surface area contributed by atoms with Crippen molar-refractivity contribution in [3.8, 4) is 0 Å². The largest absolute Gasteiger partial charge is 0.416 e. The van der Waals surface area contributed by atoms with Gasteiger partial charge < -0.3 is 10.5 Å². The van der Waals surface area contributed by atoms with E-state index < -0.39 is 21.8 Å². The summed E-state index contributed by atoms with van der Waals surface area (Å²) in [5.41, 5.74) is 5.02. The summed E-state index contributed by atoms with van der Waals surface area (Å²) in [5, 5.41) is 0. The van der Waals surface area contributed by atoms with Crippen LogP contribution in [0.2, 0.25) is 0 Å². The molecule has 1 aliphatic carbocycles. The average Bonchev–Trinajstić information content (AvgIpc) is 2.70. The lowest BCUT2D eigenvalue weighted by Crippen LogP contribution is -2.40. The Morgan fingerprint density at radius 3 is 2.28 bits per heavy atom. The number of hydrogen-bond donors (Lipinski definition) is 1. The quantitative estimate of drug-likeness (QED) is 0.590. The molecule has 2 rings (SSSR count). The summed E-state index contributed by atoms with van der Waals surface area (Å²) in [5.74, 6) is 0. The molecule has 2 N–H and O–H groups in total. The number of ether oxygens (including phenoxy) is 1. The smallest absolute Gasteiger partial charge is 0.378 e. The maximum absolute atomic E-state index is 12.8. The summed E-state index contributed by atoms with van der Waals surface area (Å²) in [7, 11) is -2.35. The molecule has 0 bridgehead atoms. The van der Waals surface area contributed by atoms with Gasteiger partial charge in [-0.15, -0.1) is 0 Å². The van der Waals surface area contributed by atoms with Gasteiger partial charge in [0.05, 0.1) is 16.6 Å². The zero-order chi connectivity index (χ0) is 21.7. The van der Waals surface area contributed by atoms with Crippen LogP contribution in [0.1, 0.15) is 57.4 Å². The van der Waals surface area contributed by atoms with E-state index in [2.05, 4.69) is 6.92 Å². The predicted octanol–water partition coefficient (Wildman–Crippen LogP) is 4.17. The van der Waals surface area contributed by atoms with Gasteiger partial charge in [0.1, 0.15) is 0 Å². The van der Waals surface area contributed by atoms with Crippen LogP contribution in [0.5, 0.6) is 0 Å². The number of benzene rings is 1. The molecule has 0 amide bonds. The molecule has 0 spiro atoms. The number of halogens is 3. The van der Waals surface area contributed by atoms with E-state index in [9.17, 15) is 21.6 Å². The monoisotopic (exact) mass is 436 g/mol. The van der Waals surface area contributed by atoms with Crippen LogP contribution in [-0.2, 0) is 20.9 Å². The molecule has 1 aromatic rings. The van der Waals surface area contributed by atoms with Gasteiger partial charge in [0.25, 0.3) is 0 Å². The lowest BCUT2D eigenvalue weighted by Gasteiger charge is -2.34. The molecule has 0 radical (unpaired) electrons. The van der Waals surface area contributed by atoms with Gasteiger partial charge in [-0.2, -0.15) is 17.5 Å². The predicted molar refractivity (Wildman–Crippen MR) is 106 cm³/mol. The minimum atomic E-state index is -4.49. The Kier molecular flexibility index (Phi) is 8.51. The van der Waals surface area contributed by atoms with Gasteiger partial charge in [0, 0.05) is 25.7 Å². The van der Waals surface area contributed by atoms with Gasteiger partial charge in [-0.05, 0) is 69.2 Å². The van der Waals surface area contributed by atoms with E-state index in [4.69, 9.17) is 10.5 Å². The van der Waals surface area contributed by atoms with E-state index in [0.717, 1.165) is 56.4 Å². The second kappa shape index (κ2) is 10.2. The third kappa shape index (κ3) is 6.67. The third-order valence-corrected chi connectivity index (χ3v) is 7.54. The van der Waals surface area contributed by atoms with Gasteiger partial charge in [-0.3, -0.25) is 0 Å². The van der Waals surface area contributed by atoms with Crippen LogP contribution in [0.4, 0.5) is 13.2 Å². The van der Waals surface area contributed by atoms with E-state index in [1.165, 1.54) is 11.4 Å². The van der Waals surface area contributed by atoms with Gasteiger partial charge in [-0.25, -0.2) is 8.42 Å². The fourth-order valence-electron chi connectivity index (χ4n) is 3.55. The van der Waals surface area contributed by atoms with Gasteiger partial charge in [-0.1, -0.05) is 6.92 Å². The summed E-state index contributed by atoms with van der Waals surface area (Å²) >= 11 is 0. The molecule has 1 aliphatic rings. The van der Waals surface area contributed by atoms with Crippen molar-refractivity contribution in [3.05, 3.63) is 29.8 Å². The molecule has 0 heterocycles. The Labute approximate surface area is 171 Å². The molecule has 9 heteroatoms. The van der Waals surface area contributed by atoms with Crippen LogP contribution < -0.4 is 5.73 Å². The molecule has 166 valence electrons. The number of alkyl halides is 3. The first-order chi connectivity index (χ1) is 13.6. The zero-order valence-electron chi connectivity index (χ0n) is 17.0. The molecule has 0 aliphatic heterocycles. The maximum Gasteiger partial charge on any atom is 0.416 e. The minimum absolute atomic E-state index is 0.117. The van der Waals surface area contributed by atoms with Crippen molar-refractivity contribution < 1.29 is 26.3 Å². The zero-order valence-corrected chi connectivity index (χ0v) is 17.8. The normalized spacial score (nSPS) is 22.0. The fraction of sp³-hybridized carbons (Fsp3) is 0.700. The van der Waals surface area contributed by atoms with Crippen molar-refractivity contribution in [1.29, 1.82) is 0 Å². The maximum atomic E-state index is 12.8. The highest BCUT2D eigenvalue weighted by Crippen LogP contribution is 2.32. The molecular formula is C20H31F3N2O3S. The number of rotatable bonds is 9. The Hall–Kier alpha value is -1.16. The fourth-order valence-corrected chi connectivity index (χ4v) is 4.97. The van der Waals surface area contributed by atoms with Crippen molar-refractivity contribution in [1.82, 2.24) is 4.31 Å². The van der Waals surface area contributed by atoms with Crippen LogP contribution in [0.25, 0.3) is 0 Å². The lowest BCUT2D eigenvalue weighted by atomic mass is 9.93. The Morgan fingerprint density at radius 2 is 1.76 bits per heavy atom. The first-order valence-corrected chi connectivity index (χ1v) is 11.5. The van der Waals surface area contributed by atoms with Crippen LogP contribution in [0.3, 0.4) is 0 Å². The highest BCUT2D eigenvalue weighted by molar-refractivity contribution is 7.89. The van der Waals surface area contributed by atoms with E-state index in [0.29, 0.717) is 19.4 Å². The Bertz CT molecular complexity index is 730. The molecule has 0 saturated heterocycles. The summed E-state index contributed by atoms with van der Waals surface area (Å²) < 4.78 is 70.8. The van der Waals surface area contributed by atoms with E-state index >= 15 is 0 Å². The first kappa shape index (κ1) is 24.1. The topological polar surface area (TPSA) is 72.6 Å². The number of sulfonamides is 1. The summed E-state index contributed by atoms with van der Waals surface area (Å²) in [6, 6.07) is 3.66. The molecule has 0 aromatic heterocycles. The van der Waals surface area contributed by atoms with Crippen LogP contribution in [0, 0.1) is 0 Å². The van der Waals surface area contributed by atoms with E-state index in [-0.39, 0.29) is 23.1 Å². The van der Waals surface area contributed by atoms with Crippen LogP contribution in [0.15, 0.2) is 29.2 Å². The molecule has 1 saturated carbocycles. The van der Waals surface area contributed by atoms with Crippen molar-refractivity contribution in [2.45, 2.75) is 81.1 Å². The SMILES string of the molecule is CCC(N)CCCOC1CCC(N(C)S(=O)(=O)c2ccc(C(F)(F)F)cc2)CC1.